The number of amides is 2. The van der Waals surface area contributed by atoms with Gasteiger partial charge in [-0.1, -0.05) is 6.07 Å². The van der Waals surface area contributed by atoms with Crippen molar-refractivity contribution in [2.24, 2.45) is 0 Å². The van der Waals surface area contributed by atoms with Gasteiger partial charge in [0.25, 0.3) is 5.91 Å². The molecule has 0 bridgehead atoms. The molecule has 0 saturated heterocycles. The summed E-state index contributed by atoms with van der Waals surface area (Å²) >= 11 is 0. The van der Waals surface area contributed by atoms with E-state index in [0.29, 0.717) is 24.0 Å². The highest BCUT2D eigenvalue weighted by Gasteiger charge is 2.25. The fraction of sp³-hybridized carbons (Fsp3) is 0.467. The van der Waals surface area contributed by atoms with Crippen LogP contribution in [0.15, 0.2) is 18.2 Å². The summed E-state index contributed by atoms with van der Waals surface area (Å²) in [7, 11) is 0. The first-order valence-electron chi connectivity index (χ1n) is 7.21. The van der Waals surface area contributed by atoms with E-state index in [1.165, 1.54) is 0 Å². The third kappa shape index (κ3) is 3.52. The van der Waals surface area contributed by atoms with E-state index in [9.17, 15) is 9.59 Å². The minimum Gasteiger partial charge on any atom is -0.482 e. The van der Waals surface area contributed by atoms with Crippen molar-refractivity contribution in [3.63, 3.8) is 0 Å². The van der Waals surface area contributed by atoms with Crippen molar-refractivity contribution >= 4 is 17.5 Å². The summed E-state index contributed by atoms with van der Waals surface area (Å²) in [5, 5.41) is 8.93. The molecule has 2 amide bonds. The smallest absolute Gasteiger partial charge is 0.262 e. The zero-order chi connectivity index (χ0) is 14.8. The summed E-state index contributed by atoms with van der Waals surface area (Å²) in [6, 6.07) is 5.76. The molecule has 112 valence electrons. The Morgan fingerprint density at radius 2 is 2.29 bits per heavy atom. The van der Waals surface area contributed by atoms with Gasteiger partial charge in [-0.2, -0.15) is 0 Å². The standard InChI is InChI=1S/C15H19N3O3/c1-9(15(20)17-11-3-4-11)16-7-10-2-5-13-12(6-10)18-14(19)8-21-13/h2,5-6,9,11,16H,3-4,7-8H2,1H3,(H,17,20)(H,18,19). The zero-order valence-corrected chi connectivity index (χ0v) is 11.9. The molecule has 1 heterocycles. The summed E-state index contributed by atoms with van der Waals surface area (Å²) in [6.07, 6.45) is 2.17. The molecular formula is C15H19N3O3. The second kappa shape index (κ2) is 5.73. The van der Waals surface area contributed by atoms with Gasteiger partial charge in [0, 0.05) is 12.6 Å². The van der Waals surface area contributed by atoms with E-state index in [4.69, 9.17) is 4.74 Å². The second-order valence-corrected chi connectivity index (χ2v) is 5.55. The van der Waals surface area contributed by atoms with E-state index in [1.807, 2.05) is 25.1 Å². The van der Waals surface area contributed by atoms with E-state index in [0.717, 1.165) is 18.4 Å². The Labute approximate surface area is 123 Å². The number of nitrogens with one attached hydrogen (secondary N) is 3. The summed E-state index contributed by atoms with van der Waals surface area (Å²) in [4.78, 5) is 23.1. The van der Waals surface area contributed by atoms with E-state index >= 15 is 0 Å². The fourth-order valence-corrected chi connectivity index (χ4v) is 2.16. The van der Waals surface area contributed by atoms with Crippen LogP contribution in [0.25, 0.3) is 0 Å². The van der Waals surface area contributed by atoms with E-state index < -0.39 is 0 Å². The quantitative estimate of drug-likeness (QED) is 0.748. The maximum atomic E-state index is 11.8. The van der Waals surface area contributed by atoms with Gasteiger partial charge in [0.1, 0.15) is 5.75 Å². The Kier molecular flexibility index (Phi) is 3.79. The molecule has 1 aliphatic carbocycles. The number of carbonyl (C=O) groups is 2. The van der Waals surface area contributed by atoms with Gasteiger partial charge >= 0.3 is 0 Å². The molecule has 1 fully saturated rings. The first kappa shape index (κ1) is 13.9. The Balaban J connectivity index is 1.56. The molecule has 1 saturated carbocycles. The minimum absolute atomic E-state index is 0.0343. The molecule has 0 spiro atoms. The molecule has 2 aliphatic rings. The predicted molar refractivity (Wildman–Crippen MR) is 78.0 cm³/mol. The number of rotatable bonds is 5. The number of fused-ring (bicyclic) bond motifs is 1. The Hall–Kier alpha value is -2.08. The SMILES string of the molecule is CC(NCc1ccc2c(c1)NC(=O)CO2)C(=O)NC1CC1. The van der Waals surface area contributed by atoms with Gasteiger partial charge in [-0.15, -0.1) is 0 Å². The molecule has 6 heteroatoms. The van der Waals surface area contributed by atoms with Crippen molar-refractivity contribution < 1.29 is 14.3 Å². The lowest BCUT2D eigenvalue weighted by molar-refractivity contribution is -0.123. The van der Waals surface area contributed by atoms with Crippen molar-refractivity contribution in [2.45, 2.75) is 38.4 Å². The number of carbonyl (C=O) groups excluding carboxylic acids is 2. The topological polar surface area (TPSA) is 79.5 Å². The predicted octanol–water partition coefficient (Wildman–Crippen LogP) is 0.774. The van der Waals surface area contributed by atoms with Crippen LogP contribution in [0.3, 0.4) is 0 Å². The van der Waals surface area contributed by atoms with Crippen LogP contribution in [0.2, 0.25) is 0 Å². The van der Waals surface area contributed by atoms with Gasteiger partial charge in [-0.05, 0) is 37.5 Å². The minimum atomic E-state index is -0.243. The normalized spacial score (nSPS) is 18.2. The van der Waals surface area contributed by atoms with Gasteiger partial charge in [-0.3, -0.25) is 9.59 Å². The lowest BCUT2D eigenvalue weighted by Crippen LogP contribution is -2.42. The summed E-state index contributed by atoms with van der Waals surface area (Å²) in [6.45, 7) is 2.46. The average Bonchev–Trinajstić information content (AvgIpc) is 3.28. The van der Waals surface area contributed by atoms with Crippen molar-refractivity contribution in [3.8, 4) is 5.75 Å². The van der Waals surface area contributed by atoms with E-state index in [-0.39, 0.29) is 24.5 Å². The Bertz CT molecular complexity index is 569. The number of ether oxygens (including phenoxy) is 1. The number of hydrogen-bond donors (Lipinski definition) is 3. The maximum absolute atomic E-state index is 11.8. The molecule has 21 heavy (non-hydrogen) atoms. The van der Waals surface area contributed by atoms with Gasteiger partial charge in [0.05, 0.1) is 11.7 Å². The molecular weight excluding hydrogens is 270 g/mol. The average molecular weight is 289 g/mol. The summed E-state index contributed by atoms with van der Waals surface area (Å²) in [5.41, 5.74) is 1.67. The second-order valence-electron chi connectivity index (χ2n) is 5.55. The maximum Gasteiger partial charge on any atom is 0.262 e. The monoisotopic (exact) mass is 289 g/mol. The van der Waals surface area contributed by atoms with Gasteiger partial charge in [0.2, 0.25) is 5.91 Å². The Morgan fingerprint density at radius 1 is 1.48 bits per heavy atom. The molecule has 6 nitrogen and oxygen atoms in total. The van der Waals surface area contributed by atoms with Crippen LogP contribution in [0, 0.1) is 0 Å². The van der Waals surface area contributed by atoms with Crippen LogP contribution < -0.4 is 20.7 Å². The molecule has 3 N–H and O–H groups in total. The van der Waals surface area contributed by atoms with E-state index in [2.05, 4.69) is 16.0 Å². The highest BCUT2D eigenvalue weighted by atomic mass is 16.5. The van der Waals surface area contributed by atoms with Crippen LogP contribution in [-0.4, -0.2) is 30.5 Å². The largest absolute Gasteiger partial charge is 0.482 e. The van der Waals surface area contributed by atoms with Gasteiger partial charge < -0.3 is 20.7 Å². The first-order valence-corrected chi connectivity index (χ1v) is 7.21. The van der Waals surface area contributed by atoms with Crippen molar-refractivity contribution in [1.29, 1.82) is 0 Å². The van der Waals surface area contributed by atoms with Crippen LogP contribution in [0.5, 0.6) is 5.75 Å². The number of benzene rings is 1. The lowest BCUT2D eigenvalue weighted by atomic mass is 10.1. The number of hydrogen-bond acceptors (Lipinski definition) is 4. The molecule has 1 atom stereocenters. The Morgan fingerprint density at radius 3 is 3.05 bits per heavy atom. The molecule has 1 aromatic carbocycles. The third-order valence-corrected chi connectivity index (χ3v) is 3.61. The number of anilines is 1. The third-order valence-electron chi connectivity index (χ3n) is 3.61. The van der Waals surface area contributed by atoms with Crippen LogP contribution in [0.4, 0.5) is 5.69 Å². The van der Waals surface area contributed by atoms with Gasteiger partial charge in [0.15, 0.2) is 6.61 Å². The first-order chi connectivity index (χ1) is 10.1. The van der Waals surface area contributed by atoms with Crippen molar-refractivity contribution in [3.05, 3.63) is 23.8 Å². The molecule has 3 rings (SSSR count). The van der Waals surface area contributed by atoms with E-state index in [1.54, 1.807) is 0 Å². The molecule has 1 aromatic rings. The van der Waals surface area contributed by atoms with Gasteiger partial charge in [-0.25, -0.2) is 0 Å². The molecule has 0 aromatic heterocycles. The fourth-order valence-electron chi connectivity index (χ4n) is 2.16. The zero-order valence-electron chi connectivity index (χ0n) is 11.9. The molecule has 1 unspecified atom stereocenters. The van der Waals surface area contributed by atoms with Crippen molar-refractivity contribution in [1.82, 2.24) is 10.6 Å². The molecule has 0 radical (unpaired) electrons. The van der Waals surface area contributed by atoms with Crippen LogP contribution in [0.1, 0.15) is 25.3 Å². The highest BCUT2D eigenvalue weighted by Crippen LogP contribution is 2.28. The van der Waals surface area contributed by atoms with Crippen LogP contribution >= 0.6 is 0 Å². The van der Waals surface area contributed by atoms with Crippen molar-refractivity contribution in [2.75, 3.05) is 11.9 Å². The molecule has 1 aliphatic heterocycles. The lowest BCUT2D eigenvalue weighted by Gasteiger charge is -2.19. The summed E-state index contributed by atoms with van der Waals surface area (Å²) < 4.78 is 5.31. The van der Waals surface area contributed by atoms with Crippen LogP contribution in [-0.2, 0) is 16.1 Å². The highest BCUT2D eigenvalue weighted by molar-refractivity contribution is 5.95. The summed E-state index contributed by atoms with van der Waals surface area (Å²) in [5.74, 6) is 0.565.